The van der Waals surface area contributed by atoms with Gasteiger partial charge in [0.05, 0.1) is 5.95 Å². The largest absolute Gasteiger partial charge is 0.614 e. The highest BCUT2D eigenvalue weighted by Gasteiger charge is 2.04. The Kier molecular flexibility index (Phi) is 1.86. The highest BCUT2D eigenvalue weighted by Crippen LogP contribution is 2.13. The predicted molar refractivity (Wildman–Crippen MR) is 32.2 cm³/mol. The first-order valence-electron chi connectivity index (χ1n) is 2.35. The summed E-state index contributed by atoms with van der Waals surface area (Å²) in [6, 6.07) is 0. The van der Waals surface area contributed by atoms with Gasteiger partial charge >= 0.3 is 0 Å². The first kappa shape index (κ1) is 7.01. The molecule has 0 N–H and O–H groups in total. The van der Waals surface area contributed by atoms with Crippen LogP contribution in [0.25, 0.3) is 0 Å². The molecule has 10 heavy (non-hydrogen) atoms. The maximum absolute atomic E-state index is 10.6. The van der Waals surface area contributed by atoms with Crippen molar-refractivity contribution in [3.63, 3.8) is 0 Å². The molecular formula is C4H3ClN3O2-. The Morgan fingerprint density at radius 1 is 1.60 bits per heavy atom. The van der Waals surface area contributed by atoms with Crippen LogP contribution >= 0.6 is 11.6 Å². The van der Waals surface area contributed by atoms with Crippen molar-refractivity contribution in [3.8, 4) is 0 Å². The highest BCUT2D eigenvalue weighted by atomic mass is 35.5. The summed E-state index contributed by atoms with van der Waals surface area (Å²) >= 11 is 5.27. The van der Waals surface area contributed by atoms with Crippen LogP contribution < -0.4 is 5.11 Å². The summed E-state index contributed by atoms with van der Waals surface area (Å²) in [5.74, 6) is -0.757. The van der Waals surface area contributed by atoms with Gasteiger partial charge in [-0.25, -0.2) is 0 Å². The van der Waals surface area contributed by atoms with E-state index in [-0.39, 0.29) is 11.1 Å². The molecule has 0 saturated carbocycles. The minimum atomic E-state index is -0.639. The first-order chi connectivity index (χ1) is 4.74. The molecule has 0 aromatic carbocycles. The Bertz CT molecular complexity index is 233. The summed E-state index contributed by atoms with van der Waals surface area (Å²) in [5.41, 5.74) is 0. The molecular weight excluding hydrogens is 158 g/mol. The minimum Gasteiger partial charge on any atom is -0.614 e. The summed E-state index contributed by atoms with van der Waals surface area (Å²) in [5, 5.41) is 17.1. The fourth-order valence-corrected chi connectivity index (χ4v) is 0.516. The Hall–Kier alpha value is -1.10. The van der Waals surface area contributed by atoms with Crippen molar-refractivity contribution < 1.29 is 9.84 Å². The molecule has 1 rings (SSSR count). The van der Waals surface area contributed by atoms with Gasteiger partial charge in [0.15, 0.2) is 5.82 Å². The number of aliphatic imine (C=N–C) groups is 1. The second-order valence-corrected chi connectivity index (χ2v) is 1.73. The Morgan fingerprint density at radius 3 is 2.70 bits per heavy atom. The number of methoxy groups -OCH3 is 1. The van der Waals surface area contributed by atoms with Crippen LogP contribution in [0.3, 0.4) is 0 Å². The van der Waals surface area contributed by atoms with Crippen LogP contribution in [0.15, 0.2) is 27.0 Å². The first-order valence-corrected chi connectivity index (χ1v) is 2.73. The van der Waals surface area contributed by atoms with E-state index >= 15 is 0 Å². The van der Waals surface area contributed by atoms with Crippen LogP contribution in [0.5, 0.6) is 0 Å². The van der Waals surface area contributed by atoms with Crippen molar-refractivity contribution in [1.29, 1.82) is 0 Å². The van der Waals surface area contributed by atoms with Gasteiger partial charge in [0.2, 0.25) is 5.29 Å². The maximum atomic E-state index is 10.6. The van der Waals surface area contributed by atoms with Crippen molar-refractivity contribution in [2.75, 3.05) is 7.11 Å². The molecule has 0 unspecified atom stereocenters. The molecule has 0 radical (unpaired) electrons. The number of halogens is 1. The molecule has 0 bridgehead atoms. The highest BCUT2D eigenvalue weighted by molar-refractivity contribution is 6.65. The maximum Gasteiger partial charge on any atom is 0.245 e. The number of amidine groups is 1. The molecule has 0 aromatic heterocycles. The molecule has 1 aliphatic rings. The van der Waals surface area contributed by atoms with Crippen LogP contribution in [-0.4, -0.2) is 12.4 Å². The normalized spacial score (nSPS) is 20.8. The molecule has 0 aliphatic carbocycles. The lowest BCUT2D eigenvalue weighted by atomic mass is 10.8. The van der Waals surface area contributed by atoms with Crippen molar-refractivity contribution >= 4 is 16.9 Å². The lowest BCUT2D eigenvalue weighted by Gasteiger charge is -2.06. The van der Waals surface area contributed by atoms with E-state index in [0.29, 0.717) is 0 Å². The van der Waals surface area contributed by atoms with Gasteiger partial charge in [0.1, 0.15) is 0 Å². The second-order valence-electron chi connectivity index (χ2n) is 1.40. The fraction of sp³-hybridized carbons (Fsp3) is 0.250. The van der Waals surface area contributed by atoms with Gasteiger partial charge in [-0.3, -0.25) is 0 Å². The van der Waals surface area contributed by atoms with E-state index in [1.54, 1.807) is 0 Å². The van der Waals surface area contributed by atoms with E-state index in [9.17, 15) is 5.11 Å². The third kappa shape index (κ3) is 1.24. The fourth-order valence-electron chi connectivity index (χ4n) is 0.398. The average molecular weight is 161 g/mol. The molecule has 0 spiro atoms. The molecule has 1 heterocycles. The van der Waals surface area contributed by atoms with Crippen LogP contribution in [0, 0.1) is 0 Å². The molecule has 1 aliphatic heterocycles. The van der Waals surface area contributed by atoms with E-state index in [1.165, 1.54) is 7.11 Å². The molecule has 6 heteroatoms. The quantitative estimate of drug-likeness (QED) is 0.406. The monoisotopic (exact) mass is 160 g/mol. The Morgan fingerprint density at radius 2 is 2.30 bits per heavy atom. The standard InChI is InChI=1S/C4H4ClN3O2/c1-10-3(9)2-6-4(5)8-7-2/h9H,1H3/p-1. The van der Waals surface area contributed by atoms with Gasteiger partial charge < -0.3 is 9.84 Å². The Labute approximate surface area is 61.7 Å². The topological polar surface area (TPSA) is 69.4 Å². The predicted octanol–water partition coefficient (Wildman–Crippen LogP) is 0.180. The number of rotatable bonds is 1. The molecule has 54 valence electrons. The lowest BCUT2D eigenvalue weighted by molar-refractivity contribution is -0.355. The minimum absolute atomic E-state index is 0.0552. The van der Waals surface area contributed by atoms with E-state index in [2.05, 4.69) is 20.0 Å². The van der Waals surface area contributed by atoms with Gasteiger partial charge in [0.25, 0.3) is 0 Å². The molecule has 0 aromatic rings. The third-order valence-electron chi connectivity index (χ3n) is 0.793. The summed E-state index contributed by atoms with van der Waals surface area (Å²) in [4.78, 5) is 3.45. The van der Waals surface area contributed by atoms with E-state index in [1.807, 2.05) is 0 Å². The lowest BCUT2D eigenvalue weighted by Crippen LogP contribution is -2.07. The number of ether oxygens (including phenoxy) is 1. The summed E-state index contributed by atoms with van der Waals surface area (Å²) in [6.07, 6.45) is 0. The number of hydrogen-bond donors (Lipinski definition) is 0. The zero-order valence-corrected chi connectivity index (χ0v) is 5.79. The zero-order valence-electron chi connectivity index (χ0n) is 5.04. The van der Waals surface area contributed by atoms with Crippen molar-refractivity contribution in [3.05, 3.63) is 11.8 Å². The van der Waals surface area contributed by atoms with Gasteiger partial charge in [-0.2, -0.15) is 4.99 Å². The Balaban J connectivity index is 2.88. The van der Waals surface area contributed by atoms with Crippen LogP contribution in [0.4, 0.5) is 0 Å². The second kappa shape index (κ2) is 2.66. The van der Waals surface area contributed by atoms with Crippen molar-refractivity contribution in [2.45, 2.75) is 0 Å². The zero-order chi connectivity index (χ0) is 7.56. The van der Waals surface area contributed by atoms with E-state index in [4.69, 9.17) is 11.6 Å². The number of azo groups is 1. The number of nitrogens with zero attached hydrogens (tertiary/aromatic N) is 3. The molecule has 5 nitrogen and oxygen atoms in total. The van der Waals surface area contributed by atoms with Gasteiger partial charge in [-0.1, -0.05) is 0 Å². The van der Waals surface area contributed by atoms with Crippen molar-refractivity contribution in [1.82, 2.24) is 0 Å². The molecule has 0 fully saturated rings. The number of hydrogen-bond acceptors (Lipinski definition) is 5. The van der Waals surface area contributed by atoms with Crippen LogP contribution in [0.2, 0.25) is 0 Å². The average Bonchev–Trinajstić information content (AvgIpc) is 2.34. The summed E-state index contributed by atoms with van der Waals surface area (Å²) < 4.78 is 4.29. The van der Waals surface area contributed by atoms with Crippen LogP contribution in [-0.2, 0) is 4.74 Å². The SMILES string of the molecule is COC([O-])=C1N=NC(Cl)=N1. The molecule has 0 atom stereocenters. The van der Waals surface area contributed by atoms with Crippen molar-refractivity contribution in [2.24, 2.45) is 15.2 Å². The summed E-state index contributed by atoms with van der Waals surface area (Å²) in [7, 11) is 1.23. The summed E-state index contributed by atoms with van der Waals surface area (Å²) in [6.45, 7) is 0. The smallest absolute Gasteiger partial charge is 0.245 e. The van der Waals surface area contributed by atoms with E-state index < -0.39 is 5.95 Å². The van der Waals surface area contributed by atoms with E-state index in [0.717, 1.165) is 0 Å². The van der Waals surface area contributed by atoms with Gasteiger partial charge in [-0.15, -0.1) is 10.2 Å². The van der Waals surface area contributed by atoms with Gasteiger partial charge in [0, 0.05) is 0 Å². The van der Waals surface area contributed by atoms with Crippen LogP contribution in [0.1, 0.15) is 0 Å². The van der Waals surface area contributed by atoms with Gasteiger partial charge in [-0.05, 0) is 18.7 Å². The molecule has 0 amide bonds. The third-order valence-corrected chi connectivity index (χ3v) is 0.953. The molecule has 0 saturated heterocycles.